The van der Waals surface area contributed by atoms with Crippen LogP contribution >= 0.6 is 0 Å². The van der Waals surface area contributed by atoms with Gasteiger partial charge in [0.1, 0.15) is 23.9 Å². The fourth-order valence-electron chi connectivity index (χ4n) is 3.82. The van der Waals surface area contributed by atoms with Crippen molar-refractivity contribution in [3.05, 3.63) is 41.4 Å². The number of esters is 1. The summed E-state index contributed by atoms with van der Waals surface area (Å²) in [6.45, 7) is 4.44. The van der Waals surface area contributed by atoms with Crippen molar-refractivity contribution in [2.75, 3.05) is 26.1 Å². The lowest BCUT2D eigenvalue weighted by Crippen LogP contribution is -2.30. The van der Waals surface area contributed by atoms with Gasteiger partial charge >= 0.3 is 5.97 Å². The van der Waals surface area contributed by atoms with E-state index in [9.17, 15) is 4.79 Å². The second-order valence-electron chi connectivity index (χ2n) is 7.61. The average molecular weight is 429 g/mol. The van der Waals surface area contributed by atoms with E-state index in [1.54, 1.807) is 18.9 Å². The van der Waals surface area contributed by atoms with Crippen molar-refractivity contribution in [1.29, 1.82) is 0 Å². The molecule has 1 aliphatic rings. The van der Waals surface area contributed by atoms with Gasteiger partial charge in [0.05, 0.1) is 26.4 Å². The van der Waals surface area contributed by atoms with E-state index in [2.05, 4.69) is 22.3 Å². The van der Waals surface area contributed by atoms with Gasteiger partial charge in [0.2, 0.25) is 5.95 Å². The molecule has 168 valence electrons. The molecule has 2 aromatic rings. The molecular weight excluding hydrogens is 396 g/mol. The second kappa shape index (κ2) is 10.8. The lowest BCUT2D eigenvalue weighted by atomic mass is 9.94. The largest absolute Gasteiger partial charge is 0.497 e. The van der Waals surface area contributed by atoms with Gasteiger partial charge in [0.15, 0.2) is 0 Å². The number of carbonyl (C=O) groups is 1. The van der Waals surface area contributed by atoms with Crippen LogP contribution < -0.4 is 14.8 Å². The molecule has 0 radical (unpaired) electrons. The summed E-state index contributed by atoms with van der Waals surface area (Å²) in [5.74, 6) is 1.48. The van der Waals surface area contributed by atoms with Gasteiger partial charge in [0.25, 0.3) is 0 Å². The summed E-state index contributed by atoms with van der Waals surface area (Å²) in [4.78, 5) is 17.4. The predicted molar refractivity (Wildman–Crippen MR) is 118 cm³/mol. The first-order valence-electron chi connectivity index (χ1n) is 10.9. The highest BCUT2D eigenvalue weighted by Gasteiger charge is 2.36. The van der Waals surface area contributed by atoms with Crippen molar-refractivity contribution in [3.8, 4) is 11.5 Å². The first-order valence-corrected chi connectivity index (χ1v) is 10.9. The number of ether oxygens (including phenoxy) is 3. The summed E-state index contributed by atoms with van der Waals surface area (Å²) in [5, 5.41) is 7.51. The number of hydrogen-bond acceptors (Lipinski definition) is 7. The van der Waals surface area contributed by atoms with Crippen LogP contribution in [0.4, 0.5) is 5.95 Å². The van der Waals surface area contributed by atoms with Crippen LogP contribution in [0.2, 0.25) is 0 Å². The van der Waals surface area contributed by atoms with Crippen LogP contribution in [0.3, 0.4) is 0 Å². The van der Waals surface area contributed by atoms with E-state index in [0.717, 1.165) is 18.4 Å². The zero-order valence-corrected chi connectivity index (χ0v) is 18.8. The zero-order chi connectivity index (χ0) is 22.2. The number of carbonyl (C=O) groups excluding carboxylic acids is 1. The van der Waals surface area contributed by atoms with E-state index in [1.807, 2.05) is 25.1 Å². The molecule has 1 N–H and O–H groups in total. The normalized spacial score (nSPS) is 15.3. The first kappa shape index (κ1) is 22.7. The highest BCUT2D eigenvalue weighted by atomic mass is 16.5. The summed E-state index contributed by atoms with van der Waals surface area (Å²) in [5.41, 5.74) is 1.92. The van der Waals surface area contributed by atoms with E-state index < -0.39 is 6.04 Å². The summed E-state index contributed by atoms with van der Waals surface area (Å²) >= 11 is 0. The Morgan fingerprint density at radius 3 is 2.65 bits per heavy atom. The molecule has 1 aliphatic heterocycles. The Labute approximate surface area is 183 Å². The van der Waals surface area contributed by atoms with Gasteiger partial charge in [-0.2, -0.15) is 10.1 Å². The molecule has 2 heterocycles. The molecule has 0 aliphatic carbocycles. The van der Waals surface area contributed by atoms with Crippen molar-refractivity contribution in [2.45, 2.75) is 58.4 Å². The minimum atomic E-state index is -0.541. The minimum absolute atomic E-state index is 0.366. The monoisotopic (exact) mass is 428 g/mol. The number of benzene rings is 1. The zero-order valence-electron chi connectivity index (χ0n) is 18.8. The molecule has 0 amide bonds. The van der Waals surface area contributed by atoms with Gasteiger partial charge < -0.3 is 19.5 Å². The average Bonchev–Trinajstić information content (AvgIpc) is 3.24. The number of allylic oxidation sites excluding steroid dienone is 1. The molecule has 0 bridgehead atoms. The Morgan fingerprint density at radius 1 is 1.13 bits per heavy atom. The molecule has 0 fully saturated rings. The standard InChI is InChI=1S/C23H32N4O4/c1-5-6-7-8-9-10-13-31-22(28)20-16(2)26-23-24-15-25-27(23)21(20)18-14-17(29-3)11-12-19(18)30-4/h11-12,14-15,21H,5-10,13H2,1-4H3,(H,24,25,26)/t21-/m1/s1. The quantitative estimate of drug-likeness (QED) is 0.417. The van der Waals surface area contributed by atoms with E-state index >= 15 is 0 Å². The number of fused-ring (bicyclic) bond motifs is 1. The van der Waals surface area contributed by atoms with Gasteiger partial charge in [-0.1, -0.05) is 39.0 Å². The molecule has 1 aromatic carbocycles. The van der Waals surface area contributed by atoms with Gasteiger partial charge in [0, 0.05) is 11.3 Å². The van der Waals surface area contributed by atoms with Gasteiger partial charge in [-0.25, -0.2) is 9.48 Å². The maximum Gasteiger partial charge on any atom is 0.338 e. The number of nitrogens with one attached hydrogen (secondary N) is 1. The second-order valence-corrected chi connectivity index (χ2v) is 7.61. The number of nitrogens with zero attached hydrogens (tertiary/aromatic N) is 3. The molecular formula is C23H32N4O4. The molecule has 1 atom stereocenters. The molecule has 0 saturated heterocycles. The SMILES string of the molecule is CCCCCCCCOC(=O)C1=C(C)Nc2ncnn2[C@@H]1c1cc(OC)ccc1OC. The van der Waals surface area contributed by atoms with Crippen LogP contribution in [-0.2, 0) is 9.53 Å². The van der Waals surface area contributed by atoms with E-state index in [4.69, 9.17) is 14.2 Å². The van der Waals surface area contributed by atoms with Crippen LogP contribution in [0.5, 0.6) is 11.5 Å². The van der Waals surface area contributed by atoms with Crippen molar-refractivity contribution in [2.24, 2.45) is 0 Å². The molecule has 3 rings (SSSR count). The van der Waals surface area contributed by atoms with Crippen molar-refractivity contribution < 1.29 is 19.0 Å². The third kappa shape index (κ3) is 5.18. The fraction of sp³-hybridized carbons (Fsp3) is 0.522. The smallest absolute Gasteiger partial charge is 0.338 e. The summed E-state index contributed by atoms with van der Waals surface area (Å²) in [6, 6.07) is 4.95. The molecule has 0 spiro atoms. The maximum atomic E-state index is 13.2. The summed E-state index contributed by atoms with van der Waals surface area (Å²) < 4.78 is 18.3. The van der Waals surface area contributed by atoms with Crippen LogP contribution in [0.1, 0.15) is 64.0 Å². The van der Waals surface area contributed by atoms with Crippen molar-refractivity contribution >= 4 is 11.9 Å². The van der Waals surface area contributed by atoms with Gasteiger partial charge in [-0.05, 0) is 31.5 Å². The molecule has 8 heteroatoms. The number of unbranched alkanes of at least 4 members (excludes halogenated alkanes) is 5. The maximum absolute atomic E-state index is 13.2. The topological polar surface area (TPSA) is 87.5 Å². The first-order chi connectivity index (χ1) is 15.1. The van der Waals surface area contributed by atoms with E-state index in [0.29, 0.717) is 35.3 Å². The minimum Gasteiger partial charge on any atom is -0.497 e. The predicted octanol–water partition coefficient (Wildman–Crippen LogP) is 4.49. The highest BCUT2D eigenvalue weighted by Crippen LogP contribution is 2.40. The number of aromatic nitrogens is 3. The van der Waals surface area contributed by atoms with Crippen LogP contribution in [0, 0.1) is 0 Å². The van der Waals surface area contributed by atoms with E-state index in [1.165, 1.54) is 32.0 Å². The number of methoxy groups -OCH3 is 2. The lowest BCUT2D eigenvalue weighted by molar-refractivity contribution is -0.139. The Hall–Kier alpha value is -3.03. The molecule has 31 heavy (non-hydrogen) atoms. The summed E-state index contributed by atoms with van der Waals surface area (Å²) in [6.07, 6.45) is 8.24. The number of hydrogen-bond donors (Lipinski definition) is 1. The molecule has 1 aromatic heterocycles. The van der Waals surface area contributed by atoms with Crippen molar-refractivity contribution in [3.63, 3.8) is 0 Å². The van der Waals surface area contributed by atoms with Crippen LogP contribution in [0.15, 0.2) is 35.8 Å². The third-order valence-electron chi connectivity index (χ3n) is 5.48. The summed E-state index contributed by atoms with van der Waals surface area (Å²) in [7, 11) is 3.20. The molecule has 0 saturated carbocycles. The molecule has 0 unspecified atom stereocenters. The highest BCUT2D eigenvalue weighted by molar-refractivity contribution is 5.92. The van der Waals surface area contributed by atoms with Crippen LogP contribution in [-0.4, -0.2) is 41.6 Å². The van der Waals surface area contributed by atoms with E-state index in [-0.39, 0.29) is 5.97 Å². The van der Waals surface area contributed by atoms with Crippen molar-refractivity contribution in [1.82, 2.24) is 14.8 Å². The Balaban J connectivity index is 1.84. The number of anilines is 1. The Bertz CT molecular complexity index is 922. The third-order valence-corrected chi connectivity index (χ3v) is 5.48. The lowest BCUT2D eigenvalue weighted by Gasteiger charge is -2.29. The Morgan fingerprint density at radius 2 is 1.90 bits per heavy atom. The fourth-order valence-corrected chi connectivity index (χ4v) is 3.82. The Kier molecular flexibility index (Phi) is 7.92. The van der Waals surface area contributed by atoms with Gasteiger partial charge in [-0.3, -0.25) is 0 Å². The van der Waals surface area contributed by atoms with Crippen LogP contribution in [0.25, 0.3) is 0 Å². The number of rotatable bonds is 11. The molecule has 8 nitrogen and oxygen atoms in total. The van der Waals surface area contributed by atoms with Gasteiger partial charge in [-0.15, -0.1) is 0 Å².